The lowest BCUT2D eigenvalue weighted by molar-refractivity contribution is 0.214. The molecule has 5 nitrogen and oxygen atoms in total. The van der Waals surface area contributed by atoms with Crippen LogP contribution in [0.25, 0.3) is 11.5 Å². The average molecular weight is 277 g/mol. The van der Waals surface area contributed by atoms with Crippen molar-refractivity contribution >= 4 is 0 Å². The summed E-state index contributed by atoms with van der Waals surface area (Å²) >= 11 is 0. The van der Waals surface area contributed by atoms with Crippen LogP contribution in [0.2, 0.25) is 0 Å². The molecule has 0 aliphatic carbocycles. The summed E-state index contributed by atoms with van der Waals surface area (Å²) in [6.45, 7) is 7.05. The van der Waals surface area contributed by atoms with Crippen molar-refractivity contribution in [2.75, 3.05) is 6.61 Å². The lowest BCUT2D eigenvalue weighted by Crippen LogP contribution is -2.42. The first kappa shape index (κ1) is 14.8. The third-order valence-electron chi connectivity index (χ3n) is 3.85. The van der Waals surface area contributed by atoms with Crippen LogP contribution in [0.15, 0.2) is 22.7 Å². The predicted molar refractivity (Wildman–Crippen MR) is 78.3 cm³/mol. The van der Waals surface area contributed by atoms with Crippen molar-refractivity contribution in [1.82, 2.24) is 15.5 Å². The summed E-state index contributed by atoms with van der Waals surface area (Å²) in [5, 5.41) is 19.8. The van der Waals surface area contributed by atoms with Gasteiger partial charge in [0.25, 0.3) is 0 Å². The molecule has 20 heavy (non-hydrogen) atoms. The number of aryl methyl sites for hydroxylation is 1. The molecule has 0 bridgehead atoms. The number of aromatic amines is 1. The Kier molecular flexibility index (Phi) is 4.62. The Morgan fingerprint density at radius 1 is 1.45 bits per heavy atom. The largest absolute Gasteiger partial charge is 0.460 e. The first-order valence-corrected chi connectivity index (χ1v) is 7.03. The zero-order valence-electron chi connectivity index (χ0n) is 12.4. The molecule has 2 rings (SSSR count). The number of aromatic nitrogens is 2. The summed E-state index contributed by atoms with van der Waals surface area (Å²) in [6, 6.07) is 3.88. The van der Waals surface area contributed by atoms with E-state index in [4.69, 9.17) is 9.52 Å². The van der Waals surface area contributed by atoms with E-state index >= 15 is 0 Å². The standard InChI is InChI=1S/C15H23N3O2/c1-4-15(3,7-8-19)16-9-12-10-17-18-14(12)13-6-5-11(2)20-13/h5-6,10,16,19H,4,7-9H2,1-3H3,(H,17,18). The SMILES string of the molecule is CCC(C)(CCO)NCc1cn[nH]c1-c1ccc(C)o1. The van der Waals surface area contributed by atoms with E-state index in [0.717, 1.165) is 35.6 Å². The van der Waals surface area contributed by atoms with Gasteiger partial charge in [-0.3, -0.25) is 5.10 Å². The number of nitrogens with zero attached hydrogens (tertiary/aromatic N) is 1. The van der Waals surface area contributed by atoms with Gasteiger partial charge in [-0.1, -0.05) is 6.92 Å². The molecule has 110 valence electrons. The number of aliphatic hydroxyl groups excluding tert-OH is 1. The summed E-state index contributed by atoms with van der Waals surface area (Å²) in [7, 11) is 0. The third-order valence-corrected chi connectivity index (χ3v) is 3.85. The minimum atomic E-state index is -0.0671. The number of hydrogen-bond acceptors (Lipinski definition) is 4. The van der Waals surface area contributed by atoms with Gasteiger partial charge < -0.3 is 14.8 Å². The van der Waals surface area contributed by atoms with Crippen LogP contribution in [0.4, 0.5) is 0 Å². The van der Waals surface area contributed by atoms with Crippen LogP contribution in [0.5, 0.6) is 0 Å². The van der Waals surface area contributed by atoms with Crippen molar-refractivity contribution in [2.45, 2.75) is 45.7 Å². The Morgan fingerprint density at radius 3 is 2.85 bits per heavy atom. The minimum absolute atomic E-state index is 0.0671. The molecule has 2 aromatic heterocycles. The van der Waals surface area contributed by atoms with Gasteiger partial charge in [0, 0.05) is 24.3 Å². The number of furan rings is 1. The number of nitrogens with one attached hydrogen (secondary N) is 2. The summed E-state index contributed by atoms with van der Waals surface area (Å²) in [4.78, 5) is 0. The smallest absolute Gasteiger partial charge is 0.152 e. The van der Waals surface area contributed by atoms with Crippen molar-refractivity contribution in [3.05, 3.63) is 29.7 Å². The van der Waals surface area contributed by atoms with Crippen molar-refractivity contribution in [2.24, 2.45) is 0 Å². The summed E-state index contributed by atoms with van der Waals surface area (Å²) in [6.07, 6.45) is 3.51. The van der Waals surface area contributed by atoms with Gasteiger partial charge in [0.1, 0.15) is 11.5 Å². The predicted octanol–water partition coefficient (Wildman–Crippen LogP) is 2.62. The Labute approximate surface area is 119 Å². The molecule has 0 saturated carbocycles. The first-order chi connectivity index (χ1) is 9.58. The minimum Gasteiger partial charge on any atom is -0.460 e. The third kappa shape index (κ3) is 3.29. The molecule has 0 saturated heterocycles. The van der Waals surface area contributed by atoms with E-state index < -0.39 is 0 Å². The normalized spacial score (nSPS) is 14.4. The molecule has 3 N–H and O–H groups in total. The van der Waals surface area contributed by atoms with E-state index in [9.17, 15) is 0 Å². The summed E-state index contributed by atoms with van der Waals surface area (Å²) in [5.74, 6) is 1.68. The van der Waals surface area contributed by atoms with Gasteiger partial charge in [0.15, 0.2) is 5.76 Å². The van der Waals surface area contributed by atoms with Gasteiger partial charge in [0.2, 0.25) is 0 Å². The van der Waals surface area contributed by atoms with Gasteiger partial charge >= 0.3 is 0 Å². The van der Waals surface area contributed by atoms with Crippen LogP contribution in [0.1, 0.15) is 38.0 Å². The van der Waals surface area contributed by atoms with E-state index in [2.05, 4.69) is 29.4 Å². The maximum atomic E-state index is 9.15. The molecule has 0 amide bonds. The lowest BCUT2D eigenvalue weighted by Gasteiger charge is -2.29. The van der Waals surface area contributed by atoms with Crippen LogP contribution < -0.4 is 5.32 Å². The Bertz CT molecular complexity index is 547. The molecule has 2 heterocycles. The van der Waals surface area contributed by atoms with E-state index in [0.29, 0.717) is 6.54 Å². The fourth-order valence-electron chi connectivity index (χ4n) is 2.17. The molecule has 0 radical (unpaired) electrons. The summed E-state index contributed by atoms with van der Waals surface area (Å²) < 4.78 is 5.64. The fraction of sp³-hybridized carbons (Fsp3) is 0.533. The second-order valence-electron chi connectivity index (χ2n) is 5.42. The van der Waals surface area contributed by atoms with Crippen molar-refractivity contribution in [3.63, 3.8) is 0 Å². The lowest BCUT2D eigenvalue weighted by atomic mass is 9.94. The topological polar surface area (TPSA) is 74.1 Å². The van der Waals surface area contributed by atoms with Gasteiger partial charge in [-0.2, -0.15) is 5.10 Å². The van der Waals surface area contributed by atoms with Crippen LogP contribution in [0.3, 0.4) is 0 Å². The average Bonchev–Trinajstić information content (AvgIpc) is 3.05. The number of hydrogen-bond donors (Lipinski definition) is 3. The van der Waals surface area contributed by atoms with Crippen LogP contribution >= 0.6 is 0 Å². The Hall–Kier alpha value is -1.59. The number of rotatable bonds is 7. The Balaban J connectivity index is 2.09. The second-order valence-corrected chi connectivity index (χ2v) is 5.42. The van der Waals surface area contributed by atoms with Gasteiger partial charge in [0.05, 0.1) is 6.20 Å². The molecule has 1 unspecified atom stereocenters. The summed E-state index contributed by atoms with van der Waals surface area (Å²) in [5.41, 5.74) is 1.91. The van der Waals surface area contributed by atoms with Crippen LogP contribution in [-0.2, 0) is 6.54 Å². The van der Waals surface area contributed by atoms with Crippen LogP contribution in [0, 0.1) is 6.92 Å². The highest BCUT2D eigenvalue weighted by atomic mass is 16.3. The number of aliphatic hydroxyl groups is 1. The maximum Gasteiger partial charge on any atom is 0.152 e. The highest BCUT2D eigenvalue weighted by molar-refractivity contribution is 5.56. The van der Waals surface area contributed by atoms with Gasteiger partial charge in [-0.15, -0.1) is 0 Å². The zero-order chi connectivity index (χ0) is 14.6. The molecule has 5 heteroatoms. The van der Waals surface area contributed by atoms with Crippen molar-refractivity contribution in [3.8, 4) is 11.5 Å². The monoisotopic (exact) mass is 277 g/mol. The highest BCUT2D eigenvalue weighted by Crippen LogP contribution is 2.24. The van der Waals surface area contributed by atoms with E-state index in [1.165, 1.54) is 0 Å². The molecule has 1 atom stereocenters. The molecule has 0 aliphatic heterocycles. The van der Waals surface area contributed by atoms with Gasteiger partial charge in [-0.25, -0.2) is 0 Å². The first-order valence-electron chi connectivity index (χ1n) is 7.03. The molecule has 0 fully saturated rings. The molecule has 0 aromatic carbocycles. The van der Waals surface area contributed by atoms with Crippen LogP contribution in [-0.4, -0.2) is 27.4 Å². The highest BCUT2D eigenvalue weighted by Gasteiger charge is 2.21. The van der Waals surface area contributed by atoms with E-state index in [1.807, 2.05) is 25.3 Å². The maximum absolute atomic E-state index is 9.15. The fourth-order valence-corrected chi connectivity index (χ4v) is 2.17. The van der Waals surface area contributed by atoms with E-state index in [-0.39, 0.29) is 12.1 Å². The zero-order valence-corrected chi connectivity index (χ0v) is 12.4. The molecule has 2 aromatic rings. The quantitative estimate of drug-likeness (QED) is 0.727. The molecular formula is C15H23N3O2. The van der Waals surface area contributed by atoms with Crippen molar-refractivity contribution in [1.29, 1.82) is 0 Å². The Morgan fingerprint density at radius 2 is 2.25 bits per heavy atom. The van der Waals surface area contributed by atoms with Crippen molar-refractivity contribution < 1.29 is 9.52 Å². The molecule has 0 aliphatic rings. The van der Waals surface area contributed by atoms with Gasteiger partial charge in [-0.05, 0) is 38.8 Å². The second kappa shape index (κ2) is 6.24. The number of H-pyrrole nitrogens is 1. The molecular weight excluding hydrogens is 254 g/mol. The molecule has 0 spiro atoms. The van der Waals surface area contributed by atoms with E-state index in [1.54, 1.807) is 0 Å².